The number of methoxy groups -OCH3 is 1. The molecule has 116 valence electrons. The number of ether oxygens (including phenoxy) is 1. The van der Waals surface area contributed by atoms with Crippen LogP contribution in [0.25, 0.3) is 11.1 Å². The summed E-state index contributed by atoms with van der Waals surface area (Å²) in [7, 11) is 1.49. The minimum Gasteiger partial charge on any atom is -0.389 e. The predicted molar refractivity (Wildman–Crippen MR) is 84.9 cm³/mol. The van der Waals surface area contributed by atoms with Gasteiger partial charge in [-0.05, 0) is 23.8 Å². The molecule has 2 rings (SSSR count). The maximum Gasteiger partial charge on any atom is 0.252 e. The minimum absolute atomic E-state index is 0.123. The number of aliphatic hydroxyl groups is 1. The maximum atomic E-state index is 12.1. The lowest BCUT2D eigenvalue weighted by Gasteiger charge is -2.11. The summed E-state index contributed by atoms with van der Waals surface area (Å²) in [6, 6.07) is 9.04. The summed E-state index contributed by atoms with van der Waals surface area (Å²) in [5.74, 6) is -0.293. The molecule has 1 amide bonds. The van der Waals surface area contributed by atoms with Gasteiger partial charge in [0, 0.05) is 36.6 Å². The molecule has 5 nitrogen and oxygen atoms in total. The first-order valence-electron chi connectivity index (χ1n) is 6.76. The maximum absolute atomic E-state index is 12.1. The zero-order chi connectivity index (χ0) is 15.9. The number of aromatic nitrogens is 1. The summed E-state index contributed by atoms with van der Waals surface area (Å²) >= 11 is 5.86. The van der Waals surface area contributed by atoms with Crippen LogP contribution in [0.2, 0.25) is 5.02 Å². The second-order valence-electron chi connectivity index (χ2n) is 4.79. The topological polar surface area (TPSA) is 71.5 Å². The molecule has 0 spiro atoms. The largest absolute Gasteiger partial charge is 0.389 e. The van der Waals surface area contributed by atoms with Crippen LogP contribution in [0, 0.1) is 0 Å². The Kier molecular flexibility index (Phi) is 5.89. The molecule has 0 aliphatic rings. The SMILES string of the molecule is COCC(O)CNC(=O)c1cncc(-c2ccc(Cl)cc2)c1. The van der Waals surface area contributed by atoms with Crippen molar-refractivity contribution in [3.63, 3.8) is 0 Å². The van der Waals surface area contributed by atoms with Gasteiger partial charge in [0.15, 0.2) is 0 Å². The summed E-state index contributed by atoms with van der Waals surface area (Å²) in [5, 5.41) is 12.8. The van der Waals surface area contributed by atoms with Gasteiger partial charge in [0.05, 0.1) is 18.3 Å². The smallest absolute Gasteiger partial charge is 0.252 e. The monoisotopic (exact) mass is 320 g/mol. The average molecular weight is 321 g/mol. The number of amides is 1. The number of carbonyl (C=O) groups excluding carboxylic acids is 1. The average Bonchev–Trinajstić information content (AvgIpc) is 2.54. The van der Waals surface area contributed by atoms with Crippen LogP contribution in [0.5, 0.6) is 0 Å². The summed E-state index contributed by atoms with van der Waals surface area (Å²) in [5.41, 5.74) is 2.17. The van der Waals surface area contributed by atoms with Crippen LogP contribution in [0.15, 0.2) is 42.7 Å². The molecule has 0 fully saturated rings. The Hall–Kier alpha value is -1.95. The summed E-state index contributed by atoms with van der Waals surface area (Å²) in [4.78, 5) is 16.2. The first-order valence-corrected chi connectivity index (χ1v) is 7.14. The molecular weight excluding hydrogens is 304 g/mol. The number of nitrogens with zero attached hydrogens (tertiary/aromatic N) is 1. The fourth-order valence-corrected chi connectivity index (χ4v) is 2.05. The number of carbonyl (C=O) groups is 1. The second kappa shape index (κ2) is 7.89. The van der Waals surface area contributed by atoms with E-state index in [1.807, 2.05) is 12.1 Å². The number of halogens is 1. The Morgan fingerprint density at radius 1 is 1.32 bits per heavy atom. The number of nitrogens with one attached hydrogen (secondary N) is 1. The highest BCUT2D eigenvalue weighted by atomic mass is 35.5. The van der Waals surface area contributed by atoms with E-state index in [4.69, 9.17) is 16.3 Å². The Morgan fingerprint density at radius 3 is 2.73 bits per heavy atom. The van der Waals surface area contributed by atoms with Crippen molar-refractivity contribution in [3.05, 3.63) is 53.3 Å². The van der Waals surface area contributed by atoms with Gasteiger partial charge in [-0.25, -0.2) is 0 Å². The lowest BCUT2D eigenvalue weighted by Crippen LogP contribution is -2.34. The standard InChI is InChI=1S/C16H17ClN2O3/c1-22-10-15(20)9-19-16(21)13-6-12(7-18-8-13)11-2-4-14(17)5-3-11/h2-8,15,20H,9-10H2,1H3,(H,19,21). The third kappa shape index (κ3) is 4.53. The minimum atomic E-state index is -0.735. The van der Waals surface area contributed by atoms with Crippen LogP contribution in [0.4, 0.5) is 0 Å². The van der Waals surface area contributed by atoms with E-state index in [1.165, 1.54) is 13.3 Å². The second-order valence-corrected chi connectivity index (χ2v) is 5.22. The van der Waals surface area contributed by atoms with Gasteiger partial charge in [-0.1, -0.05) is 23.7 Å². The Balaban J connectivity index is 2.07. The lowest BCUT2D eigenvalue weighted by molar-refractivity contribution is 0.0609. The van der Waals surface area contributed by atoms with E-state index in [0.29, 0.717) is 10.6 Å². The number of aliphatic hydroxyl groups excluding tert-OH is 1. The highest BCUT2D eigenvalue weighted by Gasteiger charge is 2.10. The molecule has 1 unspecified atom stereocenters. The predicted octanol–water partition coefficient (Wildman–Crippen LogP) is 2.14. The molecule has 1 aromatic carbocycles. The molecular formula is C16H17ClN2O3. The third-order valence-corrected chi connectivity index (χ3v) is 3.29. The molecule has 0 aliphatic heterocycles. The highest BCUT2D eigenvalue weighted by molar-refractivity contribution is 6.30. The lowest BCUT2D eigenvalue weighted by atomic mass is 10.1. The molecule has 6 heteroatoms. The zero-order valence-corrected chi connectivity index (χ0v) is 12.9. The number of rotatable bonds is 6. The van der Waals surface area contributed by atoms with Gasteiger partial charge in [-0.15, -0.1) is 0 Å². The van der Waals surface area contributed by atoms with E-state index < -0.39 is 6.10 Å². The van der Waals surface area contributed by atoms with Gasteiger partial charge in [0.25, 0.3) is 5.91 Å². The number of hydrogen-bond acceptors (Lipinski definition) is 4. The quantitative estimate of drug-likeness (QED) is 0.855. The van der Waals surface area contributed by atoms with Gasteiger partial charge < -0.3 is 15.2 Å². The van der Waals surface area contributed by atoms with Crippen molar-refractivity contribution in [2.45, 2.75) is 6.10 Å². The van der Waals surface area contributed by atoms with Crippen molar-refractivity contribution in [2.24, 2.45) is 0 Å². The number of pyridine rings is 1. The van der Waals surface area contributed by atoms with Gasteiger partial charge in [-0.2, -0.15) is 0 Å². The van der Waals surface area contributed by atoms with E-state index in [9.17, 15) is 9.90 Å². The van der Waals surface area contributed by atoms with Crippen molar-refractivity contribution < 1.29 is 14.6 Å². The van der Waals surface area contributed by atoms with E-state index in [0.717, 1.165) is 11.1 Å². The van der Waals surface area contributed by atoms with Gasteiger partial charge >= 0.3 is 0 Å². The van der Waals surface area contributed by atoms with Crippen molar-refractivity contribution in [2.75, 3.05) is 20.3 Å². The molecule has 0 radical (unpaired) electrons. The van der Waals surface area contributed by atoms with Crippen LogP contribution < -0.4 is 5.32 Å². The van der Waals surface area contributed by atoms with Crippen LogP contribution >= 0.6 is 11.6 Å². The van der Waals surface area contributed by atoms with Crippen molar-refractivity contribution in [1.82, 2.24) is 10.3 Å². The fourth-order valence-electron chi connectivity index (χ4n) is 1.93. The molecule has 0 aliphatic carbocycles. The zero-order valence-electron chi connectivity index (χ0n) is 12.1. The van der Waals surface area contributed by atoms with Crippen LogP contribution in [0.3, 0.4) is 0 Å². The molecule has 1 aromatic heterocycles. The molecule has 1 heterocycles. The Bertz CT molecular complexity index is 632. The van der Waals surface area contributed by atoms with Gasteiger partial charge in [-0.3, -0.25) is 9.78 Å². The molecule has 0 bridgehead atoms. The number of hydrogen-bond donors (Lipinski definition) is 2. The summed E-state index contributed by atoms with van der Waals surface area (Å²) in [6.07, 6.45) is 2.43. The van der Waals surface area contributed by atoms with Crippen LogP contribution in [-0.4, -0.2) is 42.4 Å². The Morgan fingerprint density at radius 2 is 2.05 bits per heavy atom. The van der Waals surface area contributed by atoms with E-state index in [-0.39, 0.29) is 19.1 Å². The molecule has 0 saturated carbocycles. The normalized spacial score (nSPS) is 12.0. The molecule has 2 N–H and O–H groups in total. The first-order chi connectivity index (χ1) is 10.6. The van der Waals surface area contributed by atoms with Crippen molar-refractivity contribution >= 4 is 17.5 Å². The number of benzene rings is 1. The molecule has 0 saturated heterocycles. The van der Waals surface area contributed by atoms with E-state index in [2.05, 4.69) is 10.3 Å². The van der Waals surface area contributed by atoms with Gasteiger partial charge in [0.1, 0.15) is 0 Å². The molecule has 2 aromatic rings. The van der Waals surface area contributed by atoms with Gasteiger partial charge in [0.2, 0.25) is 0 Å². The fraction of sp³-hybridized carbons (Fsp3) is 0.250. The summed E-state index contributed by atoms with van der Waals surface area (Å²) in [6.45, 7) is 0.293. The highest BCUT2D eigenvalue weighted by Crippen LogP contribution is 2.21. The van der Waals surface area contributed by atoms with Crippen molar-refractivity contribution in [1.29, 1.82) is 0 Å². The molecule has 22 heavy (non-hydrogen) atoms. The third-order valence-electron chi connectivity index (χ3n) is 3.04. The van der Waals surface area contributed by atoms with Crippen LogP contribution in [-0.2, 0) is 4.74 Å². The first kappa shape index (κ1) is 16.4. The van der Waals surface area contributed by atoms with Crippen molar-refractivity contribution in [3.8, 4) is 11.1 Å². The summed E-state index contributed by atoms with van der Waals surface area (Å²) < 4.78 is 4.80. The molecule has 1 atom stereocenters. The Labute approximate surface area is 133 Å². The van der Waals surface area contributed by atoms with Crippen LogP contribution in [0.1, 0.15) is 10.4 Å². The van der Waals surface area contributed by atoms with E-state index in [1.54, 1.807) is 24.4 Å². The van der Waals surface area contributed by atoms with E-state index >= 15 is 0 Å².